The minimum atomic E-state index is 0.00263. The fourth-order valence-corrected chi connectivity index (χ4v) is 4.02. The molecule has 0 saturated carbocycles. The molecule has 1 aliphatic rings. The van der Waals surface area contributed by atoms with Crippen molar-refractivity contribution in [3.63, 3.8) is 0 Å². The van der Waals surface area contributed by atoms with Gasteiger partial charge in [0.2, 0.25) is 0 Å². The summed E-state index contributed by atoms with van der Waals surface area (Å²) in [6.07, 6.45) is 2.65. The lowest BCUT2D eigenvalue weighted by Crippen LogP contribution is -2.29. The van der Waals surface area contributed by atoms with E-state index in [0.717, 1.165) is 34.4 Å². The minimum Gasteiger partial charge on any atom is -0.308 e. The molecule has 0 spiro atoms. The highest BCUT2D eigenvalue weighted by Gasteiger charge is 2.28. The van der Waals surface area contributed by atoms with Gasteiger partial charge in [-0.05, 0) is 38.0 Å². The molecule has 0 bridgehead atoms. The number of rotatable bonds is 3. The molecule has 0 saturated heterocycles. The van der Waals surface area contributed by atoms with Crippen molar-refractivity contribution in [3.05, 3.63) is 78.0 Å². The molecular formula is C24H22N4O. The number of benzene rings is 2. The molecule has 0 unspecified atom stereocenters. The van der Waals surface area contributed by atoms with Crippen LogP contribution in [0.1, 0.15) is 35.8 Å². The number of carbonyl (C=O) groups is 1. The van der Waals surface area contributed by atoms with Crippen LogP contribution in [0.2, 0.25) is 0 Å². The number of anilines is 1. The van der Waals surface area contributed by atoms with E-state index >= 15 is 0 Å². The van der Waals surface area contributed by atoms with E-state index in [-0.39, 0.29) is 11.9 Å². The van der Waals surface area contributed by atoms with Crippen molar-refractivity contribution >= 4 is 22.6 Å². The van der Waals surface area contributed by atoms with Crippen molar-refractivity contribution in [2.24, 2.45) is 0 Å². The molecule has 3 heterocycles. The average Bonchev–Trinajstić information content (AvgIpc) is 3.37. The molecule has 2 aromatic carbocycles. The Morgan fingerprint density at radius 1 is 1.03 bits per heavy atom. The van der Waals surface area contributed by atoms with Crippen LogP contribution < -0.4 is 4.90 Å². The summed E-state index contributed by atoms with van der Waals surface area (Å²) in [5.74, 6) is 0.00263. The van der Waals surface area contributed by atoms with Crippen molar-refractivity contribution < 1.29 is 4.79 Å². The standard InChI is InChI=1S/C24H22N4O/c1-16(2)28-23-20(15-25-28)19(14-21(26-23)17-8-4-3-5-9-17)24(29)27-13-12-18-10-6-7-11-22(18)27/h3-11,14-16H,12-13H2,1-2H3. The largest absolute Gasteiger partial charge is 0.308 e. The molecule has 5 nitrogen and oxygen atoms in total. The monoisotopic (exact) mass is 382 g/mol. The Bertz CT molecular complexity index is 1210. The first-order valence-electron chi connectivity index (χ1n) is 9.97. The fourth-order valence-electron chi connectivity index (χ4n) is 4.02. The topological polar surface area (TPSA) is 51.0 Å². The van der Waals surface area contributed by atoms with E-state index in [4.69, 9.17) is 4.98 Å². The number of pyridine rings is 1. The predicted octanol–water partition coefficient (Wildman–Crippen LogP) is 4.88. The first-order chi connectivity index (χ1) is 14.1. The zero-order valence-corrected chi connectivity index (χ0v) is 16.5. The van der Waals surface area contributed by atoms with Crippen LogP contribution in [0.4, 0.5) is 5.69 Å². The van der Waals surface area contributed by atoms with Gasteiger partial charge in [-0.1, -0.05) is 48.5 Å². The third kappa shape index (κ3) is 2.90. The SMILES string of the molecule is CC(C)n1ncc2c(C(=O)N3CCc4ccccc43)cc(-c3ccccc3)nc21. The molecule has 2 aromatic heterocycles. The minimum absolute atomic E-state index is 0.00263. The number of hydrogen-bond acceptors (Lipinski definition) is 3. The van der Waals surface area contributed by atoms with Gasteiger partial charge in [-0.3, -0.25) is 4.79 Å². The summed E-state index contributed by atoms with van der Waals surface area (Å²) in [5, 5.41) is 5.33. The first-order valence-corrected chi connectivity index (χ1v) is 9.97. The van der Waals surface area contributed by atoms with Crippen molar-refractivity contribution in [1.29, 1.82) is 0 Å². The molecule has 29 heavy (non-hydrogen) atoms. The maximum absolute atomic E-state index is 13.6. The van der Waals surface area contributed by atoms with E-state index in [1.54, 1.807) is 6.20 Å². The van der Waals surface area contributed by atoms with Crippen molar-refractivity contribution in [3.8, 4) is 11.3 Å². The van der Waals surface area contributed by atoms with Gasteiger partial charge >= 0.3 is 0 Å². The molecular weight excluding hydrogens is 360 g/mol. The van der Waals surface area contributed by atoms with Crippen LogP contribution in [0.5, 0.6) is 0 Å². The van der Waals surface area contributed by atoms with Crippen LogP contribution in [-0.2, 0) is 6.42 Å². The number of amides is 1. The highest BCUT2D eigenvalue weighted by Crippen LogP contribution is 2.32. The molecule has 1 amide bonds. The Morgan fingerprint density at radius 3 is 2.59 bits per heavy atom. The van der Waals surface area contributed by atoms with E-state index < -0.39 is 0 Å². The van der Waals surface area contributed by atoms with E-state index in [1.807, 2.05) is 64.2 Å². The van der Waals surface area contributed by atoms with Gasteiger partial charge in [0.1, 0.15) is 0 Å². The van der Waals surface area contributed by atoms with Crippen LogP contribution in [0.25, 0.3) is 22.3 Å². The van der Waals surface area contributed by atoms with Gasteiger partial charge < -0.3 is 4.90 Å². The molecule has 144 valence electrons. The van der Waals surface area contributed by atoms with Gasteiger partial charge in [0, 0.05) is 23.8 Å². The van der Waals surface area contributed by atoms with Crippen LogP contribution in [0.15, 0.2) is 66.9 Å². The molecule has 5 heteroatoms. The number of para-hydroxylation sites is 1. The summed E-state index contributed by atoms with van der Waals surface area (Å²) in [5.41, 5.74) is 5.39. The lowest BCUT2D eigenvalue weighted by molar-refractivity contribution is 0.0991. The number of aromatic nitrogens is 3. The highest BCUT2D eigenvalue weighted by atomic mass is 16.2. The normalized spacial score (nSPS) is 13.3. The quantitative estimate of drug-likeness (QED) is 0.507. The highest BCUT2D eigenvalue weighted by molar-refractivity contribution is 6.14. The lowest BCUT2D eigenvalue weighted by atomic mass is 10.1. The number of nitrogens with zero attached hydrogens (tertiary/aromatic N) is 4. The summed E-state index contributed by atoms with van der Waals surface area (Å²) in [6, 6.07) is 20.2. The summed E-state index contributed by atoms with van der Waals surface area (Å²) >= 11 is 0. The Hall–Kier alpha value is -3.47. The average molecular weight is 382 g/mol. The molecule has 0 radical (unpaired) electrons. The number of carbonyl (C=O) groups excluding carboxylic acids is 1. The molecule has 1 aliphatic heterocycles. The molecule has 4 aromatic rings. The second-order valence-electron chi connectivity index (χ2n) is 7.68. The van der Waals surface area contributed by atoms with E-state index in [1.165, 1.54) is 5.56 Å². The van der Waals surface area contributed by atoms with Crippen molar-refractivity contribution in [2.75, 3.05) is 11.4 Å². The third-order valence-electron chi connectivity index (χ3n) is 5.49. The number of fused-ring (bicyclic) bond motifs is 2. The van der Waals surface area contributed by atoms with Gasteiger partial charge in [-0.15, -0.1) is 0 Å². The van der Waals surface area contributed by atoms with Gasteiger partial charge in [-0.2, -0.15) is 5.10 Å². The Balaban J connectivity index is 1.70. The molecule has 5 rings (SSSR count). The molecule has 0 aliphatic carbocycles. The maximum atomic E-state index is 13.6. The molecule has 0 fully saturated rings. The van der Waals surface area contributed by atoms with E-state index in [0.29, 0.717) is 12.1 Å². The smallest absolute Gasteiger partial charge is 0.259 e. The second-order valence-corrected chi connectivity index (χ2v) is 7.68. The van der Waals surface area contributed by atoms with Crippen LogP contribution in [-0.4, -0.2) is 27.2 Å². The zero-order chi connectivity index (χ0) is 20.0. The van der Waals surface area contributed by atoms with Crippen LogP contribution >= 0.6 is 0 Å². The van der Waals surface area contributed by atoms with Crippen LogP contribution in [0, 0.1) is 0 Å². The van der Waals surface area contributed by atoms with E-state index in [2.05, 4.69) is 25.0 Å². The summed E-state index contributed by atoms with van der Waals surface area (Å²) < 4.78 is 1.89. The molecule has 0 atom stereocenters. The summed E-state index contributed by atoms with van der Waals surface area (Å²) in [4.78, 5) is 20.4. The maximum Gasteiger partial charge on any atom is 0.259 e. The van der Waals surface area contributed by atoms with Crippen molar-refractivity contribution in [2.45, 2.75) is 26.3 Å². The predicted molar refractivity (Wildman–Crippen MR) is 115 cm³/mol. The lowest BCUT2D eigenvalue weighted by Gasteiger charge is -2.18. The third-order valence-corrected chi connectivity index (χ3v) is 5.49. The van der Waals surface area contributed by atoms with Gasteiger partial charge in [0.15, 0.2) is 5.65 Å². The van der Waals surface area contributed by atoms with Crippen molar-refractivity contribution in [1.82, 2.24) is 14.8 Å². The van der Waals surface area contributed by atoms with Crippen LogP contribution in [0.3, 0.4) is 0 Å². The van der Waals surface area contributed by atoms with E-state index in [9.17, 15) is 4.79 Å². The first kappa shape index (κ1) is 17.6. The Kier molecular flexibility index (Phi) is 4.16. The second kappa shape index (κ2) is 6.85. The Labute approximate surface area is 169 Å². The van der Waals surface area contributed by atoms with Gasteiger partial charge in [0.25, 0.3) is 5.91 Å². The zero-order valence-electron chi connectivity index (χ0n) is 16.5. The van der Waals surface area contributed by atoms with Gasteiger partial charge in [-0.25, -0.2) is 9.67 Å². The fraction of sp³-hybridized carbons (Fsp3) is 0.208. The summed E-state index contributed by atoms with van der Waals surface area (Å²) in [6.45, 7) is 4.84. The summed E-state index contributed by atoms with van der Waals surface area (Å²) in [7, 11) is 0. The Morgan fingerprint density at radius 2 is 1.79 bits per heavy atom. The number of hydrogen-bond donors (Lipinski definition) is 0. The van der Waals surface area contributed by atoms with Gasteiger partial charge in [0.05, 0.1) is 22.8 Å². The molecule has 0 N–H and O–H groups in total.